The van der Waals surface area contributed by atoms with Crippen molar-refractivity contribution < 1.29 is 9.53 Å². The fourth-order valence-electron chi connectivity index (χ4n) is 2.84. The molecule has 3 atom stereocenters. The van der Waals surface area contributed by atoms with E-state index in [2.05, 4.69) is 26.5 Å². The van der Waals surface area contributed by atoms with Crippen molar-refractivity contribution in [3.8, 4) is 0 Å². The van der Waals surface area contributed by atoms with Gasteiger partial charge in [0, 0.05) is 17.9 Å². The quantitative estimate of drug-likeness (QED) is 0.363. The second-order valence-corrected chi connectivity index (χ2v) is 5.59. The Kier molecular flexibility index (Phi) is 3.70. The van der Waals surface area contributed by atoms with Crippen LogP contribution in [0.4, 0.5) is 0 Å². The van der Waals surface area contributed by atoms with E-state index in [0.717, 1.165) is 25.2 Å². The largest absolute Gasteiger partial charge is 0.458 e. The monoisotopic (exact) mass is 234 g/mol. The molecule has 2 aliphatic rings. The zero-order valence-corrected chi connectivity index (χ0v) is 10.9. The molecule has 2 nitrogen and oxygen atoms in total. The summed E-state index contributed by atoms with van der Waals surface area (Å²) in [6.45, 7) is 8.33. The molecule has 2 rings (SSSR count). The second-order valence-electron chi connectivity index (χ2n) is 5.59. The summed E-state index contributed by atoms with van der Waals surface area (Å²) in [5.74, 6) is 0.785. The van der Waals surface area contributed by atoms with Crippen molar-refractivity contribution in [1.82, 2.24) is 0 Å². The molecule has 0 N–H and O–H groups in total. The first-order valence-corrected chi connectivity index (χ1v) is 6.63. The summed E-state index contributed by atoms with van der Waals surface area (Å²) in [5.41, 5.74) is 2.03. The van der Waals surface area contributed by atoms with E-state index in [1.807, 2.05) is 0 Å². The molecular weight excluding hydrogens is 212 g/mol. The van der Waals surface area contributed by atoms with Gasteiger partial charge in [0.05, 0.1) is 0 Å². The Morgan fingerprint density at radius 2 is 2.12 bits per heavy atom. The minimum Gasteiger partial charge on any atom is -0.458 e. The number of hydrogen-bond donors (Lipinski definition) is 0. The highest BCUT2D eigenvalue weighted by atomic mass is 16.6. The van der Waals surface area contributed by atoms with E-state index in [-0.39, 0.29) is 18.0 Å². The van der Waals surface area contributed by atoms with E-state index < -0.39 is 0 Å². The predicted octanol–water partition coefficient (Wildman–Crippen LogP) is 3.63. The van der Waals surface area contributed by atoms with Crippen molar-refractivity contribution in [3.05, 3.63) is 23.8 Å². The van der Waals surface area contributed by atoms with Crippen LogP contribution in [0, 0.1) is 11.8 Å². The first-order chi connectivity index (χ1) is 8.08. The molecule has 1 fully saturated rings. The predicted molar refractivity (Wildman–Crippen MR) is 68.5 cm³/mol. The molecule has 2 heteroatoms. The first kappa shape index (κ1) is 12.4. The van der Waals surface area contributed by atoms with Crippen molar-refractivity contribution in [2.24, 2.45) is 11.8 Å². The van der Waals surface area contributed by atoms with Gasteiger partial charge in [0.25, 0.3) is 0 Å². The van der Waals surface area contributed by atoms with Gasteiger partial charge in [-0.15, -0.1) is 0 Å². The molecule has 94 valence electrons. The maximum atomic E-state index is 11.6. The van der Waals surface area contributed by atoms with Gasteiger partial charge in [-0.1, -0.05) is 25.2 Å². The lowest BCUT2D eigenvalue weighted by atomic mass is 9.84. The normalized spacial score (nSPS) is 38.0. The average molecular weight is 234 g/mol. The minimum absolute atomic E-state index is 0.0385. The van der Waals surface area contributed by atoms with Gasteiger partial charge in [0.15, 0.2) is 0 Å². The molecule has 0 aromatic carbocycles. The molecule has 1 aliphatic carbocycles. The van der Waals surface area contributed by atoms with E-state index in [4.69, 9.17) is 4.74 Å². The summed E-state index contributed by atoms with van der Waals surface area (Å²) in [6.07, 6.45) is 7.83. The van der Waals surface area contributed by atoms with E-state index in [9.17, 15) is 4.79 Å². The SMILES string of the molecule is C=C1C(=O)OC2C/C(C)=C/CCC(C)CCC12. The molecule has 3 unspecified atom stereocenters. The summed E-state index contributed by atoms with van der Waals surface area (Å²) in [7, 11) is 0. The van der Waals surface area contributed by atoms with Crippen LogP contribution in [0.1, 0.15) is 46.0 Å². The molecule has 1 aliphatic heterocycles. The molecule has 0 radical (unpaired) electrons. The molecule has 0 spiro atoms. The zero-order chi connectivity index (χ0) is 12.4. The highest BCUT2D eigenvalue weighted by Gasteiger charge is 2.38. The van der Waals surface area contributed by atoms with Crippen LogP contribution in [0.5, 0.6) is 0 Å². The summed E-state index contributed by atoms with van der Waals surface area (Å²) in [5, 5.41) is 0. The van der Waals surface area contributed by atoms with Gasteiger partial charge in [-0.3, -0.25) is 0 Å². The molecule has 0 bridgehead atoms. The number of allylic oxidation sites excluding steroid dienone is 1. The number of carbonyl (C=O) groups is 1. The standard InChI is InChI=1S/C15H22O2/c1-10-5-4-6-11(2)9-14-13(8-7-10)12(3)15(16)17-14/h6,10,13-14H,3-5,7-9H2,1-2H3/b11-6+. The molecule has 0 aromatic heterocycles. The van der Waals surface area contributed by atoms with Crippen LogP contribution >= 0.6 is 0 Å². The number of esters is 1. The molecule has 1 heterocycles. The summed E-state index contributed by atoms with van der Waals surface area (Å²) >= 11 is 0. The third kappa shape index (κ3) is 2.80. The van der Waals surface area contributed by atoms with Gasteiger partial charge >= 0.3 is 5.97 Å². The Labute approximate surface area is 104 Å². The van der Waals surface area contributed by atoms with E-state index in [0.29, 0.717) is 5.57 Å². The maximum absolute atomic E-state index is 11.6. The Morgan fingerprint density at radius 1 is 1.35 bits per heavy atom. The number of hydrogen-bond acceptors (Lipinski definition) is 2. The highest BCUT2D eigenvalue weighted by Crippen LogP contribution is 2.36. The van der Waals surface area contributed by atoms with Crippen molar-refractivity contribution in [3.63, 3.8) is 0 Å². The van der Waals surface area contributed by atoms with Crippen LogP contribution in [0.15, 0.2) is 23.8 Å². The Balaban J connectivity index is 2.16. The van der Waals surface area contributed by atoms with Gasteiger partial charge in [0.2, 0.25) is 0 Å². The van der Waals surface area contributed by atoms with Crippen molar-refractivity contribution >= 4 is 5.97 Å². The summed E-state index contributed by atoms with van der Waals surface area (Å²) < 4.78 is 5.44. The number of ether oxygens (including phenoxy) is 1. The van der Waals surface area contributed by atoms with E-state index in [1.54, 1.807) is 0 Å². The van der Waals surface area contributed by atoms with E-state index >= 15 is 0 Å². The Morgan fingerprint density at radius 3 is 2.88 bits per heavy atom. The highest BCUT2D eigenvalue weighted by molar-refractivity contribution is 5.90. The van der Waals surface area contributed by atoms with Crippen LogP contribution in [0.25, 0.3) is 0 Å². The van der Waals surface area contributed by atoms with Crippen molar-refractivity contribution in [2.45, 2.75) is 52.1 Å². The summed E-state index contributed by atoms with van der Waals surface area (Å²) in [4.78, 5) is 11.6. The van der Waals surface area contributed by atoms with Crippen LogP contribution in [0.3, 0.4) is 0 Å². The lowest BCUT2D eigenvalue weighted by Gasteiger charge is -2.21. The lowest BCUT2D eigenvalue weighted by molar-refractivity contribution is -0.139. The van der Waals surface area contributed by atoms with Crippen LogP contribution in [-0.2, 0) is 9.53 Å². The molecule has 0 aromatic rings. The fourth-order valence-corrected chi connectivity index (χ4v) is 2.84. The summed E-state index contributed by atoms with van der Waals surface area (Å²) in [6, 6.07) is 0. The topological polar surface area (TPSA) is 26.3 Å². The third-order valence-electron chi connectivity index (χ3n) is 4.06. The molecule has 17 heavy (non-hydrogen) atoms. The smallest absolute Gasteiger partial charge is 0.334 e. The number of carbonyl (C=O) groups excluding carboxylic acids is 1. The zero-order valence-electron chi connectivity index (χ0n) is 10.9. The van der Waals surface area contributed by atoms with Crippen molar-refractivity contribution in [1.29, 1.82) is 0 Å². The van der Waals surface area contributed by atoms with Gasteiger partial charge in [-0.25, -0.2) is 4.79 Å². The van der Waals surface area contributed by atoms with Gasteiger partial charge in [-0.2, -0.15) is 0 Å². The molecule has 0 amide bonds. The number of fused-ring (bicyclic) bond motifs is 1. The molecule has 1 saturated heterocycles. The number of rotatable bonds is 0. The van der Waals surface area contributed by atoms with Gasteiger partial charge < -0.3 is 4.74 Å². The average Bonchev–Trinajstić information content (AvgIpc) is 2.52. The molecule has 0 saturated carbocycles. The van der Waals surface area contributed by atoms with Crippen molar-refractivity contribution in [2.75, 3.05) is 0 Å². The first-order valence-electron chi connectivity index (χ1n) is 6.63. The minimum atomic E-state index is -0.181. The van der Waals surface area contributed by atoms with Crippen LogP contribution in [-0.4, -0.2) is 12.1 Å². The van der Waals surface area contributed by atoms with Gasteiger partial charge in [0.1, 0.15) is 6.10 Å². The van der Waals surface area contributed by atoms with Crippen LogP contribution < -0.4 is 0 Å². The van der Waals surface area contributed by atoms with E-state index in [1.165, 1.54) is 18.4 Å². The third-order valence-corrected chi connectivity index (χ3v) is 4.06. The lowest BCUT2D eigenvalue weighted by Crippen LogP contribution is -2.18. The Bertz CT molecular complexity index is 354. The maximum Gasteiger partial charge on any atom is 0.334 e. The fraction of sp³-hybridized carbons (Fsp3) is 0.667. The second kappa shape index (κ2) is 5.07. The Hall–Kier alpha value is -1.05. The van der Waals surface area contributed by atoms with Crippen LogP contribution in [0.2, 0.25) is 0 Å². The van der Waals surface area contributed by atoms with Gasteiger partial charge in [-0.05, 0) is 38.5 Å². The molecular formula is C15H22O2.